The second-order valence-corrected chi connectivity index (χ2v) is 6.13. The quantitative estimate of drug-likeness (QED) is 0.926. The molecular weight excluding hydrogens is 276 g/mol. The number of halogens is 1. The minimum Gasteiger partial charge on any atom is -0.371 e. The second kappa shape index (κ2) is 5.40. The van der Waals surface area contributed by atoms with Gasteiger partial charge in [0.05, 0.1) is 0 Å². The van der Waals surface area contributed by atoms with Crippen LogP contribution in [0, 0.1) is 11.8 Å². The molecular formula is C14H21BrN2. The molecule has 2 rings (SSSR count). The van der Waals surface area contributed by atoms with E-state index in [-0.39, 0.29) is 0 Å². The van der Waals surface area contributed by atoms with E-state index in [9.17, 15) is 0 Å². The number of nitrogens with two attached hydrogens (primary N) is 1. The Kier molecular flexibility index (Phi) is 4.10. The van der Waals surface area contributed by atoms with Crippen LogP contribution in [0.15, 0.2) is 22.7 Å². The maximum Gasteiger partial charge on any atom is 0.0412 e. The fraction of sp³-hybridized carbons (Fsp3) is 0.571. The summed E-state index contributed by atoms with van der Waals surface area (Å²) in [5.74, 6) is 1.60. The Hall–Kier alpha value is -0.540. The molecule has 1 fully saturated rings. The van der Waals surface area contributed by atoms with E-state index in [0.717, 1.165) is 22.9 Å². The molecule has 1 heterocycles. The van der Waals surface area contributed by atoms with Gasteiger partial charge >= 0.3 is 0 Å². The molecule has 17 heavy (non-hydrogen) atoms. The molecule has 0 aromatic heterocycles. The summed E-state index contributed by atoms with van der Waals surface area (Å²) >= 11 is 3.51. The van der Waals surface area contributed by atoms with Crippen LogP contribution in [0.25, 0.3) is 0 Å². The van der Waals surface area contributed by atoms with Crippen LogP contribution in [-0.4, -0.2) is 13.1 Å². The summed E-state index contributed by atoms with van der Waals surface area (Å²) in [5, 5.41) is 0. The average Bonchev–Trinajstić information content (AvgIpc) is 2.78. The number of hydrogen-bond donors (Lipinski definition) is 1. The third-order valence-corrected chi connectivity index (χ3v) is 4.26. The maximum absolute atomic E-state index is 5.83. The first-order valence-corrected chi connectivity index (χ1v) is 7.14. The normalized spacial score (nSPS) is 20.3. The Morgan fingerprint density at radius 3 is 2.82 bits per heavy atom. The van der Waals surface area contributed by atoms with Gasteiger partial charge in [0.15, 0.2) is 0 Å². The molecule has 2 nitrogen and oxygen atoms in total. The SMILES string of the molecule is CC(C)C1CCN(c2ccc(Br)cc2CN)C1. The summed E-state index contributed by atoms with van der Waals surface area (Å²) in [6.07, 6.45) is 1.30. The van der Waals surface area contributed by atoms with E-state index in [4.69, 9.17) is 5.73 Å². The fourth-order valence-corrected chi connectivity index (χ4v) is 2.98. The van der Waals surface area contributed by atoms with Crippen LogP contribution in [0.5, 0.6) is 0 Å². The van der Waals surface area contributed by atoms with Gasteiger partial charge in [-0.25, -0.2) is 0 Å². The number of anilines is 1. The van der Waals surface area contributed by atoms with Gasteiger partial charge in [0.2, 0.25) is 0 Å². The highest BCUT2D eigenvalue weighted by Gasteiger charge is 2.25. The molecule has 0 bridgehead atoms. The van der Waals surface area contributed by atoms with Crippen molar-refractivity contribution < 1.29 is 0 Å². The molecule has 1 aromatic carbocycles. The molecule has 1 atom stereocenters. The highest BCUT2D eigenvalue weighted by Crippen LogP contribution is 2.31. The molecule has 3 heteroatoms. The van der Waals surface area contributed by atoms with Gasteiger partial charge in [0.25, 0.3) is 0 Å². The standard InChI is InChI=1S/C14H21BrN2/c1-10(2)11-5-6-17(9-11)14-4-3-13(15)7-12(14)8-16/h3-4,7,10-11H,5-6,8-9,16H2,1-2H3. The molecule has 0 amide bonds. The predicted octanol–water partition coefficient (Wildman–Crippen LogP) is 3.39. The number of rotatable bonds is 3. The topological polar surface area (TPSA) is 29.3 Å². The smallest absolute Gasteiger partial charge is 0.0412 e. The molecule has 0 spiro atoms. The lowest BCUT2D eigenvalue weighted by Gasteiger charge is -2.23. The summed E-state index contributed by atoms with van der Waals surface area (Å²) < 4.78 is 1.11. The molecule has 1 aliphatic rings. The minimum atomic E-state index is 0.609. The van der Waals surface area contributed by atoms with Crippen molar-refractivity contribution in [3.8, 4) is 0 Å². The molecule has 1 unspecified atom stereocenters. The first-order chi connectivity index (χ1) is 8.11. The van der Waals surface area contributed by atoms with E-state index < -0.39 is 0 Å². The van der Waals surface area contributed by atoms with Crippen LogP contribution in [-0.2, 0) is 6.54 Å². The Morgan fingerprint density at radius 1 is 1.47 bits per heavy atom. The lowest BCUT2D eigenvalue weighted by molar-refractivity contribution is 0.422. The average molecular weight is 297 g/mol. The zero-order chi connectivity index (χ0) is 12.4. The minimum absolute atomic E-state index is 0.609. The first kappa shape index (κ1) is 12.9. The molecule has 94 valence electrons. The molecule has 0 saturated carbocycles. The Bertz CT molecular complexity index is 390. The van der Waals surface area contributed by atoms with Crippen molar-refractivity contribution >= 4 is 21.6 Å². The van der Waals surface area contributed by atoms with Gasteiger partial charge in [-0.05, 0) is 42.0 Å². The van der Waals surface area contributed by atoms with Crippen molar-refractivity contribution in [3.05, 3.63) is 28.2 Å². The number of nitrogens with zero attached hydrogens (tertiary/aromatic N) is 1. The van der Waals surface area contributed by atoms with Crippen LogP contribution in [0.3, 0.4) is 0 Å². The lowest BCUT2D eigenvalue weighted by atomic mass is 9.95. The Labute approximate surface area is 112 Å². The van der Waals surface area contributed by atoms with Crippen molar-refractivity contribution in [1.29, 1.82) is 0 Å². The van der Waals surface area contributed by atoms with Crippen LogP contribution in [0.2, 0.25) is 0 Å². The molecule has 1 saturated heterocycles. The summed E-state index contributed by atoms with van der Waals surface area (Å²) in [4.78, 5) is 2.49. The number of hydrogen-bond acceptors (Lipinski definition) is 2. The molecule has 1 aliphatic heterocycles. The molecule has 0 aliphatic carbocycles. The van der Waals surface area contributed by atoms with Crippen LogP contribution >= 0.6 is 15.9 Å². The van der Waals surface area contributed by atoms with Crippen LogP contribution in [0.4, 0.5) is 5.69 Å². The van der Waals surface area contributed by atoms with Crippen LogP contribution < -0.4 is 10.6 Å². The monoisotopic (exact) mass is 296 g/mol. The van der Waals surface area contributed by atoms with Gasteiger partial charge in [0, 0.05) is 29.8 Å². The molecule has 2 N–H and O–H groups in total. The van der Waals surface area contributed by atoms with Crippen LogP contribution in [0.1, 0.15) is 25.8 Å². The second-order valence-electron chi connectivity index (χ2n) is 5.22. The van der Waals surface area contributed by atoms with Gasteiger partial charge in [-0.3, -0.25) is 0 Å². The fourth-order valence-electron chi connectivity index (χ4n) is 2.58. The molecule has 0 radical (unpaired) electrons. The maximum atomic E-state index is 5.83. The zero-order valence-electron chi connectivity index (χ0n) is 10.6. The first-order valence-electron chi connectivity index (χ1n) is 6.35. The van der Waals surface area contributed by atoms with E-state index >= 15 is 0 Å². The summed E-state index contributed by atoms with van der Waals surface area (Å²) in [5.41, 5.74) is 8.39. The summed E-state index contributed by atoms with van der Waals surface area (Å²) in [6, 6.07) is 6.43. The van der Waals surface area contributed by atoms with E-state index in [2.05, 4.69) is 52.9 Å². The lowest BCUT2D eigenvalue weighted by Crippen LogP contribution is -2.23. The highest BCUT2D eigenvalue weighted by atomic mass is 79.9. The van der Waals surface area contributed by atoms with Gasteiger partial charge in [0.1, 0.15) is 0 Å². The van der Waals surface area contributed by atoms with Gasteiger partial charge in [-0.2, -0.15) is 0 Å². The number of benzene rings is 1. The third-order valence-electron chi connectivity index (χ3n) is 3.77. The van der Waals surface area contributed by atoms with Crippen molar-refractivity contribution in [3.63, 3.8) is 0 Å². The largest absolute Gasteiger partial charge is 0.371 e. The highest BCUT2D eigenvalue weighted by molar-refractivity contribution is 9.10. The Balaban J connectivity index is 2.18. The van der Waals surface area contributed by atoms with Crippen molar-refractivity contribution in [2.75, 3.05) is 18.0 Å². The van der Waals surface area contributed by atoms with Gasteiger partial charge in [-0.15, -0.1) is 0 Å². The van der Waals surface area contributed by atoms with E-state index in [1.54, 1.807) is 0 Å². The Morgan fingerprint density at radius 2 is 2.24 bits per heavy atom. The van der Waals surface area contributed by atoms with E-state index in [0.29, 0.717) is 6.54 Å². The zero-order valence-corrected chi connectivity index (χ0v) is 12.2. The van der Waals surface area contributed by atoms with Gasteiger partial charge < -0.3 is 10.6 Å². The van der Waals surface area contributed by atoms with E-state index in [1.165, 1.54) is 24.2 Å². The van der Waals surface area contributed by atoms with Crippen molar-refractivity contribution in [2.24, 2.45) is 17.6 Å². The molecule has 1 aromatic rings. The van der Waals surface area contributed by atoms with Crippen molar-refractivity contribution in [2.45, 2.75) is 26.8 Å². The third kappa shape index (κ3) is 2.83. The predicted molar refractivity (Wildman–Crippen MR) is 77.2 cm³/mol. The summed E-state index contributed by atoms with van der Waals surface area (Å²) in [6.45, 7) is 7.58. The van der Waals surface area contributed by atoms with Gasteiger partial charge in [-0.1, -0.05) is 29.8 Å². The summed E-state index contributed by atoms with van der Waals surface area (Å²) in [7, 11) is 0. The van der Waals surface area contributed by atoms with Crippen molar-refractivity contribution in [1.82, 2.24) is 0 Å². The van der Waals surface area contributed by atoms with E-state index in [1.807, 2.05) is 0 Å².